The summed E-state index contributed by atoms with van der Waals surface area (Å²) < 4.78 is 8.81. The predicted octanol–water partition coefficient (Wildman–Crippen LogP) is 16.7. The number of hydrogen-bond donors (Lipinski definition) is 0. The van der Waals surface area contributed by atoms with Gasteiger partial charge in [-0.25, -0.2) is 0 Å². The minimum absolute atomic E-state index is 0.634. The van der Waals surface area contributed by atoms with Crippen LogP contribution in [-0.2, 0) is 0 Å². The van der Waals surface area contributed by atoms with E-state index in [9.17, 15) is 0 Å². The molecule has 1 saturated carbocycles. The average molecular weight is 785 g/mol. The molecular formula is C58H44N2O. The molecule has 0 aliphatic heterocycles. The Morgan fingerprint density at radius 3 is 1.93 bits per heavy atom. The molecule has 1 aliphatic carbocycles. The molecule has 0 N–H and O–H groups in total. The molecule has 0 bridgehead atoms. The minimum Gasteiger partial charge on any atom is -0.456 e. The van der Waals surface area contributed by atoms with Crippen LogP contribution in [0.1, 0.15) is 43.6 Å². The fourth-order valence-electron chi connectivity index (χ4n) is 10.3. The molecule has 0 atom stereocenters. The second-order valence-corrected chi connectivity index (χ2v) is 16.7. The first-order valence-corrected chi connectivity index (χ1v) is 21.8. The number of rotatable bonds is 7. The van der Waals surface area contributed by atoms with Crippen LogP contribution in [0.5, 0.6) is 0 Å². The number of hydrogen-bond acceptors (Lipinski definition) is 2. The summed E-state index contributed by atoms with van der Waals surface area (Å²) in [6.07, 6.45) is 6.57. The zero-order valence-electron chi connectivity index (χ0n) is 34.0. The largest absolute Gasteiger partial charge is 0.456 e. The zero-order chi connectivity index (χ0) is 40.3. The van der Waals surface area contributed by atoms with Gasteiger partial charge < -0.3 is 13.9 Å². The van der Waals surface area contributed by atoms with E-state index < -0.39 is 0 Å². The molecule has 0 saturated heterocycles. The predicted molar refractivity (Wildman–Crippen MR) is 257 cm³/mol. The lowest BCUT2D eigenvalue weighted by Crippen LogP contribution is -2.10. The van der Waals surface area contributed by atoms with Gasteiger partial charge in [0.05, 0.1) is 11.0 Å². The van der Waals surface area contributed by atoms with Gasteiger partial charge in [-0.1, -0.05) is 147 Å². The van der Waals surface area contributed by atoms with Crippen LogP contribution in [0, 0.1) is 0 Å². The number of anilines is 3. The molecule has 292 valence electrons. The molecule has 1 fully saturated rings. The van der Waals surface area contributed by atoms with E-state index in [4.69, 9.17) is 4.42 Å². The highest BCUT2D eigenvalue weighted by molar-refractivity contribution is 6.12. The Morgan fingerprint density at radius 2 is 1.10 bits per heavy atom. The maximum absolute atomic E-state index is 6.35. The number of fused-ring (bicyclic) bond motifs is 7. The summed E-state index contributed by atoms with van der Waals surface area (Å²) in [4.78, 5) is 2.42. The number of nitrogens with zero attached hydrogens (tertiary/aromatic N) is 2. The summed E-state index contributed by atoms with van der Waals surface area (Å²) in [7, 11) is 0. The van der Waals surface area contributed by atoms with E-state index in [2.05, 4.69) is 204 Å². The SMILES string of the molecule is c1ccc(-c2cccc3cccc(-c4cccc(N(c5ccc6oc7ccccc7c6c5)c5ccc6c7cc(C8CCCCC8)ccc7n(-c7ccccc7)c6c5)c4)c23)cc1. The molecule has 11 aromatic rings. The molecule has 0 spiro atoms. The number of aromatic nitrogens is 1. The van der Waals surface area contributed by atoms with Gasteiger partial charge in [-0.15, -0.1) is 0 Å². The van der Waals surface area contributed by atoms with E-state index in [0.29, 0.717) is 5.92 Å². The fraction of sp³-hybridized carbons (Fsp3) is 0.103. The van der Waals surface area contributed by atoms with Crippen molar-refractivity contribution in [2.24, 2.45) is 0 Å². The first-order chi connectivity index (χ1) is 30.2. The van der Waals surface area contributed by atoms with Crippen molar-refractivity contribution in [1.29, 1.82) is 0 Å². The van der Waals surface area contributed by atoms with Crippen LogP contribution >= 0.6 is 0 Å². The van der Waals surface area contributed by atoms with Crippen LogP contribution in [0.2, 0.25) is 0 Å². The summed E-state index contributed by atoms with van der Waals surface area (Å²) in [5.74, 6) is 0.634. The smallest absolute Gasteiger partial charge is 0.135 e. The summed E-state index contributed by atoms with van der Waals surface area (Å²) in [5.41, 5.74) is 14.9. The molecule has 0 radical (unpaired) electrons. The van der Waals surface area contributed by atoms with Gasteiger partial charge in [-0.3, -0.25) is 0 Å². The Morgan fingerprint density at radius 1 is 0.426 bits per heavy atom. The van der Waals surface area contributed by atoms with Crippen molar-refractivity contribution >= 4 is 71.6 Å². The van der Waals surface area contributed by atoms with Gasteiger partial charge in [0, 0.05) is 44.3 Å². The summed E-state index contributed by atoms with van der Waals surface area (Å²) >= 11 is 0. The van der Waals surface area contributed by atoms with Gasteiger partial charge in [-0.2, -0.15) is 0 Å². The van der Waals surface area contributed by atoms with E-state index in [1.807, 2.05) is 6.07 Å². The summed E-state index contributed by atoms with van der Waals surface area (Å²) in [6.45, 7) is 0. The highest BCUT2D eigenvalue weighted by Gasteiger charge is 2.22. The number of para-hydroxylation sites is 2. The van der Waals surface area contributed by atoms with Crippen LogP contribution in [-0.4, -0.2) is 4.57 Å². The van der Waals surface area contributed by atoms with Crippen molar-refractivity contribution in [2.45, 2.75) is 38.0 Å². The van der Waals surface area contributed by atoms with Crippen molar-refractivity contribution in [3.8, 4) is 27.9 Å². The topological polar surface area (TPSA) is 21.3 Å². The van der Waals surface area contributed by atoms with Crippen molar-refractivity contribution in [3.05, 3.63) is 206 Å². The first kappa shape index (κ1) is 35.6. The van der Waals surface area contributed by atoms with Gasteiger partial charge >= 0.3 is 0 Å². The molecule has 3 heteroatoms. The number of benzene rings is 9. The lowest BCUT2D eigenvalue weighted by molar-refractivity contribution is 0.444. The van der Waals surface area contributed by atoms with E-state index in [1.54, 1.807) is 0 Å². The highest BCUT2D eigenvalue weighted by atomic mass is 16.3. The van der Waals surface area contributed by atoms with Gasteiger partial charge in [0.25, 0.3) is 0 Å². The van der Waals surface area contributed by atoms with Gasteiger partial charge in [0.1, 0.15) is 11.2 Å². The van der Waals surface area contributed by atoms with Crippen LogP contribution in [0.15, 0.2) is 205 Å². The van der Waals surface area contributed by atoms with E-state index in [-0.39, 0.29) is 0 Å². The van der Waals surface area contributed by atoms with Gasteiger partial charge in [0.2, 0.25) is 0 Å². The van der Waals surface area contributed by atoms with Crippen LogP contribution < -0.4 is 4.90 Å². The Hall–Kier alpha value is -7.36. The van der Waals surface area contributed by atoms with E-state index >= 15 is 0 Å². The third kappa shape index (κ3) is 6.11. The highest BCUT2D eigenvalue weighted by Crippen LogP contribution is 2.45. The Labute approximate surface area is 355 Å². The molecule has 61 heavy (non-hydrogen) atoms. The molecule has 2 aromatic heterocycles. The maximum atomic E-state index is 6.35. The standard InChI is InChI=1S/C58H44N2O/c1-4-15-39(16-5-1)42-29-33-54-52(36-42)50-32-30-47(38-55(50)60(54)44-22-8-3-9-23-44)59(46-31-34-57-53(37-46)51-25-10-11-28-56(51)61-57)45-24-12-21-43(35-45)49-27-14-20-41-19-13-26-48(58(41)49)40-17-6-2-7-18-40/h2-3,6-14,17-39H,1,4-5,15-16H2. The molecule has 9 aromatic carbocycles. The van der Waals surface area contributed by atoms with Crippen LogP contribution in [0.4, 0.5) is 17.1 Å². The van der Waals surface area contributed by atoms with Crippen LogP contribution in [0.25, 0.3) is 82.5 Å². The van der Waals surface area contributed by atoms with Crippen molar-refractivity contribution in [3.63, 3.8) is 0 Å². The third-order valence-corrected chi connectivity index (χ3v) is 13.1. The normalized spacial score (nSPS) is 13.5. The summed E-state index contributed by atoms with van der Waals surface area (Å²) in [6, 6.07) is 73.3. The van der Waals surface area contributed by atoms with Crippen LogP contribution in [0.3, 0.4) is 0 Å². The zero-order valence-corrected chi connectivity index (χ0v) is 34.0. The van der Waals surface area contributed by atoms with Gasteiger partial charge in [-0.05, 0) is 130 Å². The first-order valence-electron chi connectivity index (χ1n) is 21.8. The average Bonchev–Trinajstić information content (AvgIpc) is 3.87. The molecule has 3 nitrogen and oxygen atoms in total. The molecule has 0 amide bonds. The van der Waals surface area contributed by atoms with E-state index in [0.717, 1.165) is 44.7 Å². The Balaban J connectivity index is 1.08. The second kappa shape index (κ2) is 14.7. The third-order valence-electron chi connectivity index (χ3n) is 13.1. The van der Waals surface area contributed by atoms with Crippen molar-refractivity contribution in [1.82, 2.24) is 4.57 Å². The quantitative estimate of drug-likeness (QED) is 0.161. The Kier molecular flexibility index (Phi) is 8.59. The molecule has 1 aliphatic rings. The molecule has 0 unspecified atom stereocenters. The minimum atomic E-state index is 0.634. The van der Waals surface area contributed by atoms with Crippen molar-refractivity contribution < 1.29 is 4.42 Å². The molecule has 12 rings (SSSR count). The van der Waals surface area contributed by atoms with E-state index in [1.165, 1.54) is 92.5 Å². The van der Waals surface area contributed by atoms with Gasteiger partial charge in [0.15, 0.2) is 0 Å². The molecular weight excluding hydrogens is 741 g/mol. The number of furan rings is 1. The lowest BCUT2D eigenvalue weighted by atomic mass is 9.84. The fourth-order valence-corrected chi connectivity index (χ4v) is 10.3. The Bertz CT molecular complexity index is 3400. The lowest BCUT2D eigenvalue weighted by Gasteiger charge is -2.26. The summed E-state index contributed by atoms with van der Waals surface area (Å²) in [5, 5.41) is 7.29. The monoisotopic (exact) mass is 784 g/mol. The van der Waals surface area contributed by atoms with Crippen molar-refractivity contribution in [2.75, 3.05) is 4.90 Å². The molecule has 2 heterocycles. The maximum Gasteiger partial charge on any atom is 0.135 e. The second-order valence-electron chi connectivity index (χ2n) is 16.7.